The molecule has 0 aromatic heterocycles. The fraction of sp³-hybridized carbons (Fsp3) is 0.385. The van der Waals surface area contributed by atoms with Crippen LogP contribution in [0.3, 0.4) is 0 Å². The SMILES string of the molecule is COc1cc(C2CC(=O)NC3=C2C(=O)CC(c2ccc(OC(C)C)c(OC)c2)C3)ccc1O. The van der Waals surface area contributed by atoms with Gasteiger partial charge in [0.25, 0.3) is 0 Å². The van der Waals surface area contributed by atoms with E-state index in [4.69, 9.17) is 14.2 Å². The van der Waals surface area contributed by atoms with Crippen LogP contribution in [0.4, 0.5) is 0 Å². The van der Waals surface area contributed by atoms with Crippen molar-refractivity contribution in [3.05, 3.63) is 58.8 Å². The summed E-state index contributed by atoms with van der Waals surface area (Å²) >= 11 is 0. The number of amides is 1. The number of hydrogen-bond acceptors (Lipinski definition) is 6. The molecular weight excluding hydrogens is 422 g/mol. The van der Waals surface area contributed by atoms with Crippen LogP contribution >= 0.6 is 0 Å². The van der Waals surface area contributed by atoms with Gasteiger partial charge >= 0.3 is 0 Å². The third-order valence-corrected chi connectivity index (χ3v) is 6.16. The number of methoxy groups -OCH3 is 2. The summed E-state index contributed by atoms with van der Waals surface area (Å²) in [5.41, 5.74) is 3.05. The molecule has 7 heteroatoms. The number of benzene rings is 2. The Morgan fingerprint density at radius 3 is 2.30 bits per heavy atom. The fourth-order valence-electron chi connectivity index (χ4n) is 4.68. The normalized spacial score (nSPS) is 20.4. The summed E-state index contributed by atoms with van der Waals surface area (Å²) in [6, 6.07) is 10.7. The van der Waals surface area contributed by atoms with E-state index < -0.39 is 0 Å². The molecule has 1 aliphatic carbocycles. The smallest absolute Gasteiger partial charge is 0.225 e. The Morgan fingerprint density at radius 2 is 1.61 bits per heavy atom. The summed E-state index contributed by atoms with van der Waals surface area (Å²) in [5.74, 6) is 1.06. The summed E-state index contributed by atoms with van der Waals surface area (Å²) in [4.78, 5) is 25.9. The highest BCUT2D eigenvalue weighted by molar-refractivity contribution is 6.02. The second-order valence-electron chi connectivity index (χ2n) is 8.73. The number of phenolic OH excluding ortho intramolecular Hbond substituents is 1. The topological polar surface area (TPSA) is 94.1 Å². The first-order valence-electron chi connectivity index (χ1n) is 11.1. The largest absolute Gasteiger partial charge is 0.504 e. The second-order valence-corrected chi connectivity index (χ2v) is 8.73. The van der Waals surface area contributed by atoms with Crippen molar-refractivity contribution in [3.8, 4) is 23.0 Å². The van der Waals surface area contributed by atoms with Crippen molar-refractivity contribution in [2.45, 2.75) is 51.0 Å². The Bertz CT molecular complexity index is 1120. The van der Waals surface area contributed by atoms with Crippen molar-refractivity contribution in [1.82, 2.24) is 5.32 Å². The summed E-state index contributed by atoms with van der Waals surface area (Å²) in [7, 11) is 3.07. The third kappa shape index (κ3) is 4.53. The van der Waals surface area contributed by atoms with Crippen molar-refractivity contribution in [3.63, 3.8) is 0 Å². The Balaban J connectivity index is 1.67. The molecule has 2 aliphatic rings. The molecule has 1 aliphatic heterocycles. The quantitative estimate of drug-likeness (QED) is 0.684. The lowest BCUT2D eigenvalue weighted by Crippen LogP contribution is -2.38. The van der Waals surface area contributed by atoms with Crippen LogP contribution in [0.1, 0.15) is 56.1 Å². The van der Waals surface area contributed by atoms with Crippen LogP contribution in [0.2, 0.25) is 0 Å². The lowest BCUT2D eigenvalue weighted by Gasteiger charge is -2.34. The number of hydrogen-bond donors (Lipinski definition) is 2. The van der Waals surface area contributed by atoms with E-state index in [2.05, 4.69) is 5.32 Å². The monoisotopic (exact) mass is 451 g/mol. The van der Waals surface area contributed by atoms with Gasteiger partial charge in [0.2, 0.25) is 5.91 Å². The highest BCUT2D eigenvalue weighted by atomic mass is 16.5. The van der Waals surface area contributed by atoms with E-state index in [1.54, 1.807) is 19.2 Å². The molecule has 2 aromatic carbocycles. The van der Waals surface area contributed by atoms with E-state index in [0.29, 0.717) is 41.4 Å². The number of phenols is 1. The Labute approximate surface area is 193 Å². The third-order valence-electron chi connectivity index (χ3n) is 6.16. The van der Waals surface area contributed by atoms with Gasteiger partial charge in [0.05, 0.1) is 20.3 Å². The number of nitrogens with one attached hydrogen (secondary N) is 1. The summed E-state index contributed by atoms with van der Waals surface area (Å²) in [6.45, 7) is 3.90. The molecule has 2 atom stereocenters. The number of allylic oxidation sites excluding steroid dienone is 2. The van der Waals surface area contributed by atoms with E-state index in [-0.39, 0.29) is 41.8 Å². The van der Waals surface area contributed by atoms with Crippen LogP contribution < -0.4 is 19.5 Å². The predicted octanol–water partition coefficient (Wildman–Crippen LogP) is 4.20. The number of Topliss-reactive ketones (excluding diaryl/α,β-unsaturated/α-hetero) is 1. The first-order chi connectivity index (χ1) is 15.8. The number of carbonyl (C=O) groups excluding carboxylic acids is 2. The van der Waals surface area contributed by atoms with Crippen molar-refractivity contribution in [2.75, 3.05) is 14.2 Å². The molecule has 0 radical (unpaired) electrons. The zero-order valence-electron chi connectivity index (χ0n) is 19.3. The molecule has 7 nitrogen and oxygen atoms in total. The van der Waals surface area contributed by atoms with Gasteiger partial charge in [-0.05, 0) is 61.6 Å². The molecular formula is C26H29NO6. The number of ether oxygens (including phenoxy) is 3. The average molecular weight is 452 g/mol. The molecule has 4 rings (SSSR count). The van der Waals surface area contributed by atoms with Gasteiger partial charge in [0, 0.05) is 30.0 Å². The molecule has 1 heterocycles. The maximum atomic E-state index is 13.3. The van der Waals surface area contributed by atoms with Gasteiger partial charge < -0.3 is 24.6 Å². The maximum absolute atomic E-state index is 13.3. The fourth-order valence-corrected chi connectivity index (χ4v) is 4.68. The zero-order chi connectivity index (χ0) is 23.7. The van der Waals surface area contributed by atoms with Gasteiger partial charge in [-0.15, -0.1) is 0 Å². The zero-order valence-corrected chi connectivity index (χ0v) is 19.3. The molecule has 33 heavy (non-hydrogen) atoms. The minimum absolute atomic E-state index is 0.0137. The van der Waals surface area contributed by atoms with Crippen LogP contribution in [0.5, 0.6) is 23.0 Å². The van der Waals surface area contributed by atoms with E-state index in [9.17, 15) is 14.7 Å². The molecule has 0 spiro atoms. The summed E-state index contributed by atoms with van der Waals surface area (Å²) in [6.07, 6.45) is 1.08. The van der Waals surface area contributed by atoms with E-state index in [0.717, 1.165) is 11.1 Å². The molecule has 2 unspecified atom stereocenters. The van der Waals surface area contributed by atoms with Gasteiger partial charge in [-0.2, -0.15) is 0 Å². The predicted molar refractivity (Wildman–Crippen MR) is 123 cm³/mol. The van der Waals surface area contributed by atoms with Crippen molar-refractivity contribution in [1.29, 1.82) is 0 Å². The molecule has 0 saturated carbocycles. The standard InChI is InChI=1S/C26H29NO6/c1-14(2)33-22-8-6-15(11-24(22)32-4)17-9-19-26(21(29)10-17)18(13-25(30)27-19)16-5-7-20(28)23(12-16)31-3/h5-8,11-12,14,17-18,28H,9-10,13H2,1-4H3,(H,27,30). The van der Waals surface area contributed by atoms with Gasteiger partial charge in [0.1, 0.15) is 0 Å². The lowest BCUT2D eigenvalue weighted by atomic mass is 9.73. The first-order valence-corrected chi connectivity index (χ1v) is 11.1. The minimum atomic E-state index is -0.368. The van der Waals surface area contributed by atoms with Gasteiger partial charge in [-0.1, -0.05) is 12.1 Å². The highest BCUT2D eigenvalue weighted by Gasteiger charge is 2.38. The van der Waals surface area contributed by atoms with Crippen LogP contribution in [-0.4, -0.2) is 37.1 Å². The Morgan fingerprint density at radius 1 is 0.909 bits per heavy atom. The molecule has 2 N–H and O–H groups in total. The summed E-state index contributed by atoms with van der Waals surface area (Å²) in [5, 5.41) is 12.9. The van der Waals surface area contributed by atoms with Crippen molar-refractivity contribution < 1.29 is 28.9 Å². The van der Waals surface area contributed by atoms with Gasteiger partial charge in [-0.25, -0.2) is 0 Å². The number of aromatic hydroxyl groups is 1. The first kappa shape index (κ1) is 22.7. The molecule has 0 saturated heterocycles. The minimum Gasteiger partial charge on any atom is -0.504 e. The molecule has 174 valence electrons. The van der Waals surface area contributed by atoms with E-state index in [1.807, 2.05) is 32.0 Å². The Hall–Kier alpha value is -3.48. The lowest BCUT2D eigenvalue weighted by molar-refractivity contribution is -0.122. The Kier molecular flexibility index (Phi) is 6.31. The van der Waals surface area contributed by atoms with E-state index in [1.165, 1.54) is 13.2 Å². The van der Waals surface area contributed by atoms with Crippen molar-refractivity contribution >= 4 is 11.7 Å². The van der Waals surface area contributed by atoms with Crippen LogP contribution in [0.15, 0.2) is 47.7 Å². The van der Waals surface area contributed by atoms with Crippen LogP contribution in [0.25, 0.3) is 0 Å². The number of carbonyl (C=O) groups is 2. The van der Waals surface area contributed by atoms with Gasteiger partial charge in [0.15, 0.2) is 28.8 Å². The molecule has 1 amide bonds. The molecule has 0 bridgehead atoms. The molecule has 2 aromatic rings. The van der Waals surface area contributed by atoms with Crippen LogP contribution in [-0.2, 0) is 9.59 Å². The van der Waals surface area contributed by atoms with Crippen LogP contribution in [0, 0.1) is 0 Å². The second kappa shape index (κ2) is 9.17. The molecule has 0 fully saturated rings. The number of ketones is 1. The highest BCUT2D eigenvalue weighted by Crippen LogP contribution is 2.45. The van der Waals surface area contributed by atoms with E-state index >= 15 is 0 Å². The maximum Gasteiger partial charge on any atom is 0.225 e. The average Bonchev–Trinajstić information content (AvgIpc) is 2.78. The van der Waals surface area contributed by atoms with Crippen molar-refractivity contribution in [2.24, 2.45) is 0 Å². The summed E-state index contributed by atoms with van der Waals surface area (Å²) < 4.78 is 16.5. The van der Waals surface area contributed by atoms with Gasteiger partial charge in [-0.3, -0.25) is 9.59 Å². The number of rotatable bonds is 6.